The normalized spacial score (nSPS) is 42.9. The number of phenolic OH excluding ortho intramolecular Hbond substituents is 1. The number of likely N-dealkylation sites (N-methyl/N-ethyl adjacent to an activating group) is 1. The van der Waals surface area contributed by atoms with E-state index < -0.39 is 16.6 Å². The number of carbonyl (C=O) groups excluding carboxylic acids is 1. The maximum absolute atomic E-state index is 13.7. The first-order chi connectivity index (χ1) is 13.9. The molecule has 29 heavy (non-hydrogen) atoms. The van der Waals surface area contributed by atoms with Gasteiger partial charge in [0.05, 0.1) is 28.7 Å². The molecule has 1 aromatic carbocycles. The molecule has 1 saturated carbocycles. The van der Waals surface area contributed by atoms with Crippen molar-refractivity contribution in [2.75, 3.05) is 38.8 Å². The number of anilines is 1. The molecule has 1 aromatic rings. The fourth-order valence-corrected chi connectivity index (χ4v) is 8.25. The first-order valence-electron chi connectivity index (χ1n) is 10.3. The van der Waals surface area contributed by atoms with E-state index in [2.05, 4.69) is 52.4 Å². The molecule has 6 nitrogen and oxygen atoms in total. The lowest BCUT2D eigenvalue weighted by Crippen LogP contribution is -2.80. The third kappa shape index (κ3) is 1.64. The first kappa shape index (κ1) is 18.4. The third-order valence-corrected chi connectivity index (χ3v) is 9.62. The maximum atomic E-state index is 13.7. The van der Waals surface area contributed by atoms with Crippen LogP contribution in [0, 0.1) is 14.9 Å². The quantitative estimate of drug-likeness (QED) is 0.358. The fraction of sp³-hybridized carbons (Fsp3) is 0.591. The lowest BCUT2D eigenvalue weighted by atomic mass is 9.43. The van der Waals surface area contributed by atoms with Gasteiger partial charge >= 0.3 is 5.97 Å². The number of hydrogen-bond donors (Lipinski definition) is 1. The van der Waals surface area contributed by atoms with Gasteiger partial charge < -0.3 is 19.5 Å². The number of halogens is 1. The summed E-state index contributed by atoms with van der Waals surface area (Å²) in [7, 11) is 3.59. The summed E-state index contributed by atoms with van der Waals surface area (Å²) < 4.78 is 13.1. The molecule has 1 N–H and O–H groups in total. The van der Waals surface area contributed by atoms with Crippen molar-refractivity contribution in [1.82, 2.24) is 4.90 Å². The molecule has 1 aliphatic carbocycles. The second-order valence-electron chi connectivity index (χ2n) is 9.12. The molecule has 4 fully saturated rings. The maximum Gasteiger partial charge on any atom is 0.315 e. The SMILES string of the molecule is C/C=C1/CN2CC[C@@]34c5cc(O)c(I)cc5N(C)[C@]35OC[C@@]4(C(=O)OC)[C@H]1C[C@H]25. The molecule has 5 bridgehead atoms. The zero-order valence-electron chi connectivity index (χ0n) is 16.9. The second-order valence-corrected chi connectivity index (χ2v) is 10.3. The van der Waals surface area contributed by atoms with Gasteiger partial charge in [-0.2, -0.15) is 0 Å². The van der Waals surface area contributed by atoms with Gasteiger partial charge in [0.1, 0.15) is 11.2 Å². The van der Waals surface area contributed by atoms with Crippen molar-refractivity contribution in [1.29, 1.82) is 0 Å². The number of phenols is 1. The van der Waals surface area contributed by atoms with Crippen LogP contribution in [0.3, 0.4) is 0 Å². The summed E-state index contributed by atoms with van der Waals surface area (Å²) in [5.74, 6) is 0.197. The number of allylic oxidation sites excluding steroid dienone is 1. The molecular formula is C22H25IN2O4. The van der Waals surface area contributed by atoms with Gasteiger partial charge in [0.15, 0.2) is 5.72 Å². The molecule has 0 radical (unpaired) electrons. The van der Waals surface area contributed by atoms with E-state index in [1.807, 2.05) is 12.1 Å². The summed E-state index contributed by atoms with van der Waals surface area (Å²) in [5.41, 5.74) is 1.53. The van der Waals surface area contributed by atoms with Crippen LogP contribution in [-0.4, -0.2) is 61.6 Å². The first-order valence-corrected chi connectivity index (χ1v) is 11.3. The van der Waals surface area contributed by atoms with Crippen LogP contribution in [0.1, 0.15) is 25.3 Å². The Bertz CT molecular complexity index is 995. The number of hydrogen-bond acceptors (Lipinski definition) is 6. The molecule has 6 rings (SSSR count). The Morgan fingerprint density at radius 3 is 2.97 bits per heavy atom. The molecule has 5 atom stereocenters. The Hall–Kier alpha value is -1.32. The molecule has 3 saturated heterocycles. The topological polar surface area (TPSA) is 62.2 Å². The van der Waals surface area contributed by atoms with Crippen LogP contribution in [0.4, 0.5) is 5.69 Å². The van der Waals surface area contributed by atoms with Crippen LogP contribution in [0.15, 0.2) is 23.8 Å². The number of esters is 1. The molecular weight excluding hydrogens is 483 g/mol. The van der Waals surface area contributed by atoms with E-state index in [0.29, 0.717) is 6.61 Å². The Morgan fingerprint density at radius 2 is 2.24 bits per heavy atom. The van der Waals surface area contributed by atoms with Crippen LogP contribution in [0.2, 0.25) is 0 Å². The van der Waals surface area contributed by atoms with Crippen LogP contribution < -0.4 is 4.90 Å². The second kappa shape index (κ2) is 5.48. The fourth-order valence-electron chi connectivity index (χ4n) is 7.79. The zero-order chi connectivity index (χ0) is 20.3. The summed E-state index contributed by atoms with van der Waals surface area (Å²) in [6.45, 7) is 4.24. The predicted molar refractivity (Wildman–Crippen MR) is 116 cm³/mol. The van der Waals surface area contributed by atoms with Gasteiger partial charge in [-0.25, -0.2) is 0 Å². The summed E-state index contributed by atoms with van der Waals surface area (Å²) >= 11 is 2.17. The van der Waals surface area contributed by atoms with E-state index in [1.165, 1.54) is 12.7 Å². The number of methoxy groups -OCH3 is 1. The van der Waals surface area contributed by atoms with Gasteiger partial charge in [-0.3, -0.25) is 9.69 Å². The van der Waals surface area contributed by atoms with Crippen molar-refractivity contribution in [3.8, 4) is 5.75 Å². The summed E-state index contributed by atoms with van der Waals surface area (Å²) in [5, 5.41) is 10.6. The molecule has 4 aliphatic heterocycles. The van der Waals surface area contributed by atoms with Crippen LogP contribution in [-0.2, 0) is 19.7 Å². The molecule has 0 spiro atoms. The van der Waals surface area contributed by atoms with E-state index in [-0.39, 0.29) is 23.7 Å². The standard InChI is InChI=1S/C22H25IN2O4/c1-4-12-10-25-6-5-21-14-7-17(26)15(23)9-16(14)24(2)22(21)18(25)8-13(12)20(21,11-29-22)19(27)28-3/h4,7,9,13,18,26H,5-6,8,10-11H2,1-3H3/b12-4-/t13-,18-,20-,21-,22+/m0/s1. The zero-order valence-corrected chi connectivity index (χ0v) is 19.0. The number of aromatic hydroxyl groups is 1. The lowest BCUT2D eigenvalue weighted by molar-refractivity contribution is -0.184. The highest BCUT2D eigenvalue weighted by Crippen LogP contribution is 2.76. The summed E-state index contributed by atoms with van der Waals surface area (Å²) in [6.07, 6.45) is 3.91. The Labute approximate surface area is 184 Å². The van der Waals surface area contributed by atoms with E-state index in [0.717, 1.165) is 40.8 Å². The number of piperidine rings is 2. The summed E-state index contributed by atoms with van der Waals surface area (Å²) in [4.78, 5) is 18.5. The van der Waals surface area contributed by atoms with Crippen molar-refractivity contribution in [2.45, 2.75) is 36.9 Å². The Balaban J connectivity index is 1.75. The highest BCUT2D eigenvalue weighted by Gasteiger charge is 2.86. The number of rotatable bonds is 1. The minimum atomic E-state index is -0.772. The smallest absolute Gasteiger partial charge is 0.315 e. The Kier molecular flexibility index (Phi) is 3.48. The number of ether oxygens (including phenoxy) is 2. The van der Waals surface area contributed by atoms with Crippen LogP contribution in [0.5, 0.6) is 5.75 Å². The minimum absolute atomic E-state index is 0.0953. The van der Waals surface area contributed by atoms with Gasteiger partial charge in [-0.05, 0) is 60.1 Å². The highest BCUT2D eigenvalue weighted by atomic mass is 127. The van der Waals surface area contributed by atoms with Gasteiger partial charge in [0.25, 0.3) is 0 Å². The number of fused-ring (bicyclic) bond motifs is 3. The largest absolute Gasteiger partial charge is 0.507 e. The van der Waals surface area contributed by atoms with Gasteiger partial charge in [-0.1, -0.05) is 11.6 Å². The molecule has 7 heteroatoms. The van der Waals surface area contributed by atoms with Crippen molar-refractivity contribution in [2.24, 2.45) is 11.3 Å². The van der Waals surface area contributed by atoms with Crippen LogP contribution >= 0.6 is 22.6 Å². The third-order valence-electron chi connectivity index (χ3n) is 8.75. The number of carbonyl (C=O) groups is 1. The molecule has 0 aromatic heterocycles. The van der Waals surface area contributed by atoms with Gasteiger partial charge in [0, 0.05) is 31.7 Å². The van der Waals surface area contributed by atoms with E-state index in [1.54, 1.807) is 0 Å². The van der Waals surface area contributed by atoms with E-state index >= 15 is 0 Å². The molecule has 4 heterocycles. The molecule has 0 amide bonds. The van der Waals surface area contributed by atoms with Gasteiger partial charge in [-0.15, -0.1) is 0 Å². The van der Waals surface area contributed by atoms with Crippen molar-refractivity contribution in [3.63, 3.8) is 0 Å². The monoisotopic (exact) mass is 508 g/mol. The van der Waals surface area contributed by atoms with Crippen LogP contribution in [0.25, 0.3) is 0 Å². The lowest BCUT2D eigenvalue weighted by Gasteiger charge is -2.66. The van der Waals surface area contributed by atoms with Gasteiger partial charge in [0.2, 0.25) is 0 Å². The minimum Gasteiger partial charge on any atom is -0.507 e. The molecule has 0 unspecified atom stereocenters. The summed E-state index contributed by atoms with van der Waals surface area (Å²) in [6, 6.07) is 4.15. The highest BCUT2D eigenvalue weighted by molar-refractivity contribution is 14.1. The van der Waals surface area contributed by atoms with Crippen molar-refractivity contribution in [3.05, 3.63) is 32.9 Å². The molecule has 5 aliphatic rings. The average molecular weight is 508 g/mol. The predicted octanol–water partition coefficient (Wildman–Crippen LogP) is 2.62. The van der Waals surface area contributed by atoms with Crippen molar-refractivity contribution < 1.29 is 19.4 Å². The van der Waals surface area contributed by atoms with E-state index in [4.69, 9.17) is 9.47 Å². The number of nitrogens with zero attached hydrogens (tertiary/aromatic N) is 2. The van der Waals surface area contributed by atoms with Crippen molar-refractivity contribution >= 4 is 34.2 Å². The average Bonchev–Trinajstić information content (AvgIpc) is 3.09. The van der Waals surface area contributed by atoms with E-state index in [9.17, 15) is 9.90 Å². The molecule has 154 valence electrons. The number of benzene rings is 1. The Morgan fingerprint density at radius 1 is 1.45 bits per heavy atom.